The van der Waals surface area contributed by atoms with E-state index in [4.69, 9.17) is 4.74 Å². The van der Waals surface area contributed by atoms with Crippen molar-refractivity contribution >= 4 is 22.9 Å². The first kappa shape index (κ1) is 14.4. The normalized spacial score (nSPS) is 23.1. The van der Waals surface area contributed by atoms with E-state index >= 15 is 0 Å². The second-order valence-corrected chi connectivity index (χ2v) is 6.78. The molecule has 2 fully saturated rings. The molecule has 2 amide bonds. The summed E-state index contributed by atoms with van der Waals surface area (Å²) < 4.78 is 5.98. The number of rotatable bonds is 4. The van der Waals surface area contributed by atoms with Crippen LogP contribution in [0.5, 0.6) is 5.75 Å². The highest BCUT2D eigenvalue weighted by atomic mass is 32.2. The molecule has 1 saturated heterocycles. The lowest BCUT2D eigenvalue weighted by molar-refractivity contribution is -0.118. The Morgan fingerprint density at radius 1 is 1.10 bits per heavy atom. The van der Waals surface area contributed by atoms with E-state index in [-0.39, 0.29) is 16.4 Å². The molecule has 3 rings (SSSR count). The summed E-state index contributed by atoms with van der Waals surface area (Å²) >= 11 is 1.07. The standard InChI is InChI=1S/C16H19NO3S/c18-15-14(21-16(19)17-15)10-11-6-8-13(9-7-11)20-12-4-2-1-3-5-12/h6-9,12,14H,1-5,10H2,(H,17,18,19). The van der Waals surface area contributed by atoms with Gasteiger partial charge in [-0.1, -0.05) is 30.3 Å². The summed E-state index contributed by atoms with van der Waals surface area (Å²) in [5.74, 6) is 0.706. The minimum atomic E-state index is -0.303. The fourth-order valence-electron chi connectivity index (χ4n) is 2.82. The molecule has 0 spiro atoms. The zero-order valence-corrected chi connectivity index (χ0v) is 12.7. The highest BCUT2D eigenvalue weighted by molar-refractivity contribution is 8.15. The number of amides is 2. The molecular formula is C16H19NO3S. The molecule has 1 atom stereocenters. The van der Waals surface area contributed by atoms with Gasteiger partial charge in [-0.15, -0.1) is 0 Å². The van der Waals surface area contributed by atoms with Gasteiger partial charge in [-0.3, -0.25) is 14.9 Å². The van der Waals surface area contributed by atoms with Crippen molar-refractivity contribution in [2.45, 2.75) is 49.9 Å². The predicted octanol–water partition coefficient (Wildman–Crippen LogP) is 3.29. The van der Waals surface area contributed by atoms with E-state index in [1.165, 1.54) is 19.3 Å². The molecule has 1 N–H and O–H groups in total. The zero-order valence-electron chi connectivity index (χ0n) is 11.8. The molecule has 21 heavy (non-hydrogen) atoms. The summed E-state index contributed by atoms with van der Waals surface area (Å²) in [6, 6.07) is 7.89. The lowest BCUT2D eigenvalue weighted by Crippen LogP contribution is -2.25. The molecule has 1 aromatic carbocycles. The monoisotopic (exact) mass is 305 g/mol. The van der Waals surface area contributed by atoms with Crippen LogP contribution in [-0.2, 0) is 11.2 Å². The van der Waals surface area contributed by atoms with Crippen molar-refractivity contribution in [3.8, 4) is 5.75 Å². The molecule has 1 saturated carbocycles. The molecule has 112 valence electrons. The van der Waals surface area contributed by atoms with E-state index in [1.54, 1.807) is 0 Å². The van der Waals surface area contributed by atoms with Crippen LogP contribution in [0.3, 0.4) is 0 Å². The van der Waals surface area contributed by atoms with Crippen molar-refractivity contribution in [3.05, 3.63) is 29.8 Å². The molecular weight excluding hydrogens is 286 g/mol. The summed E-state index contributed by atoms with van der Waals surface area (Å²) in [6.07, 6.45) is 7.03. The Morgan fingerprint density at radius 3 is 2.43 bits per heavy atom. The van der Waals surface area contributed by atoms with Gasteiger partial charge < -0.3 is 4.74 Å². The number of carbonyl (C=O) groups excluding carboxylic acids is 2. The predicted molar refractivity (Wildman–Crippen MR) is 82.6 cm³/mol. The van der Waals surface area contributed by atoms with Crippen LogP contribution in [0.1, 0.15) is 37.7 Å². The van der Waals surface area contributed by atoms with Gasteiger partial charge in [-0.25, -0.2) is 0 Å². The number of carbonyl (C=O) groups is 2. The number of nitrogens with one attached hydrogen (secondary N) is 1. The van der Waals surface area contributed by atoms with E-state index in [1.807, 2.05) is 24.3 Å². The van der Waals surface area contributed by atoms with Crippen LogP contribution in [-0.4, -0.2) is 22.5 Å². The molecule has 5 heteroatoms. The van der Waals surface area contributed by atoms with Crippen LogP contribution in [0.2, 0.25) is 0 Å². The van der Waals surface area contributed by atoms with Gasteiger partial charge >= 0.3 is 0 Å². The Kier molecular flexibility index (Phi) is 4.48. The first-order chi connectivity index (χ1) is 10.2. The third-order valence-electron chi connectivity index (χ3n) is 3.97. The van der Waals surface area contributed by atoms with Gasteiger partial charge in [0.1, 0.15) is 5.75 Å². The summed E-state index contributed by atoms with van der Waals surface area (Å²) in [7, 11) is 0. The molecule has 1 aromatic rings. The van der Waals surface area contributed by atoms with Crippen LogP contribution >= 0.6 is 11.8 Å². The first-order valence-corrected chi connectivity index (χ1v) is 8.36. The number of thioether (sulfide) groups is 1. The lowest BCUT2D eigenvalue weighted by atomic mass is 9.98. The van der Waals surface area contributed by atoms with E-state index in [2.05, 4.69) is 5.32 Å². The SMILES string of the molecule is O=C1NC(=O)C(Cc2ccc(OC3CCCCC3)cc2)S1. The lowest BCUT2D eigenvalue weighted by Gasteiger charge is -2.23. The molecule has 0 aromatic heterocycles. The highest BCUT2D eigenvalue weighted by Crippen LogP contribution is 2.26. The summed E-state index contributed by atoms with van der Waals surface area (Å²) in [6.45, 7) is 0. The average Bonchev–Trinajstić information content (AvgIpc) is 2.80. The molecule has 0 radical (unpaired) electrons. The molecule has 1 aliphatic carbocycles. The maximum Gasteiger partial charge on any atom is 0.286 e. The summed E-state index contributed by atoms with van der Waals surface area (Å²) in [4.78, 5) is 22.7. The maximum atomic E-state index is 11.5. The number of ether oxygens (including phenoxy) is 1. The maximum absolute atomic E-state index is 11.5. The smallest absolute Gasteiger partial charge is 0.286 e. The van der Waals surface area contributed by atoms with Gasteiger partial charge in [-0.05, 0) is 49.8 Å². The fourth-order valence-corrected chi connectivity index (χ4v) is 3.68. The van der Waals surface area contributed by atoms with Crippen LogP contribution in [0.4, 0.5) is 4.79 Å². The van der Waals surface area contributed by atoms with Gasteiger partial charge in [0.15, 0.2) is 0 Å². The topological polar surface area (TPSA) is 55.4 Å². The number of imide groups is 1. The molecule has 1 aliphatic heterocycles. The Labute approximate surface area is 128 Å². The van der Waals surface area contributed by atoms with E-state index in [9.17, 15) is 9.59 Å². The Hall–Kier alpha value is -1.49. The van der Waals surface area contributed by atoms with E-state index < -0.39 is 0 Å². The van der Waals surface area contributed by atoms with Crippen molar-refractivity contribution in [3.63, 3.8) is 0 Å². The number of benzene rings is 1. The zero-order chi connectivity index (χ0) is 14.7. The van der Waals surface area contributed by atoms with Gasteiger partial charge in [0, 0.05) is 0 Å². The van der Waals surface area contributed by atoms with Gasteiger partial charge in [0.25, 0.3) is 5.24 Å². The van der Waals surface area contributed by atoms with Crippen molar-refractivity contribution in [2.24, 2.45) is 0 Å². The average molecular weight is 305 g/mol. The Balaban J connectivity index is 1.56. The molecule has 1 unspecified atom stereocenters. The molecule has 1 heterocycles. The number of hydrogen-bond acceptors (Lipinski definition) is 4. The van der Waals surface area contributed by atoms with Gasteiger partial charge in [0.05, 0.1) is 11.4 Å². The summed E-state index contributed by atoms with van der Waals surface area (Å²) in [5.41, 5.74) is 1.05. The minimum Gasteiger partial charge on any atom is -0.490 e. The fraction of sp³-hybridized carbons (Fsp3) is 0.500. The van der Waals surface area contributed by atoms with Crippen molar-refractivity contribution in [1.82, 2.24) is 5.32 Å². The van der Waals surface area contributed by atoms with Gasteiger partial charge in [0.2, 0.25) is 5.91 Å². The van der Waals surface area contributed by atoms with Crippen LogP contribution in [0.25, 0.3) is 0 Å². The minimum absolute atomic E-state index is 0.187. The number of hydrogen-bond donors (Lipinski definition) is 1. The third-order valence-corrected chi connectivity index (χ3v) is 4.95. The Morgan fingerprint density at radius 2 is 1.81 bits per heavy atom. The molecule has 4 nitrogen and oxygen atoms in total. The third kappa shape index (κ3) is 3.79. The second kappa shape index (κ2) is 6.52. The summed E-state index contributed by atoms with van der Waals surface area (Å²) in [5, 5.41) is 1.76. The first-order valence-electron chi connectivity index (χ1n) is 7.48. The van der Waals surface area contributed by atoms with Gasteiger partial charge in [-0.2, -0.15) is 0 Å². The Bertz CT molecular complexity index is 523. The van der Waals surface area contributed by atoms with Crippen molar-refractivity contribution < 1.29 is 14.3 Å². The van der Waals surface area contributed by atoms with Crippen molar-refractivity contribution in [2.75, 3.05) is 0 Å². The quantitative estimate of drug-likeness (QED) is 0.927. The van der Waals surface area contributed by atoms with Crippen LogP contribution in [0, 0.1) is 0 Å². The van der Waals surface area contributed by atoms with Crippen molar-refractivity contribution in [1.29, 1.82) is 0 Å². The van der Waals surface area contributed by atoms with E-state index in [0.29, 0.717) is 12.5 Å². The highest BCUT2D eigenvalue weighted by Gasteiger charge is 2.31. The molecule has 2 aliphatic rings. The van der Waals surface area contributed by atoms with Crippen LogP contribution in [0.15, 0.2) is 24.3 Å². The largest absolute Gasteiger partial charge is 0.490 e. The molecule has 0 bridgehead atoms. The van der Waals surface area contributed by atoms with E-state index in [0.717, 1.165) is 35.9 Å². The second-order valence-electron chi connectivity index (χ2n) is 5.61. The van der Waals surface area contributed by atoms with Crippen LogP contribution < -0.4 is 10.1 Å².